The standard InChI is InChI=1S/C12H15N7/c1-8-6-12(15-9(2)10(8)7-13)14-5-3-4-11-16-18-19-17-11/h6H,3-5H2,1-2H3,(H,14,15)(H,16,17,18,19). The molecular formula is C12H15N7. The van der Waals surface area contributed by atoms with Crippen molar-refractivity contribution in [3.63, 3.8) is 0 Å². The van der Waals surface area contributed by atoms with E-state index in [-0.39, 0.29) is 0 Å². The third-order valence-corrected chi connectivity index (χ3v) is 2.78. The van der Waals surface area contributed by atoms with Crippen LogP contribution in [0.3, 0.4) is 0 Å². The van der Waals surface area contributed by atoms with Crippen molar-refractivity contribution in [1.82, 2.24) is 25.6 Å². The van der Waals surface area contributed by atoms with Gasteiger partial charge in [0.15, 0.2) is 5.82 Å². The molecule has 7 heteroatoms. The summed E-state index contributed by atoms with van der Waals surface area (Å²) in [6, 6.07) is 4.05. The lowest BCUT2D eigenvalue weighted by Gasteiger charge is -2.08. The van der Waals surface area contributed by atoms with Crippen LogP contribution in [0.25, 0.3) is 0 Å². The van der Waals surface area contributed by atoms with Crippen molar-refractivity contribution in [2.24, 2.45) is 0 Å². The second-order valence-electron chi connectivity index (χ2n) is 4.25. The monoisotopic (exact) mass is 257 g/mol. The van der Waals surface area contributed by atoms with Crippen LogP contribution in [-0.4, -0.2) is 32.2 Å². The molecule has 19 heavy (non-hydrogen) atoms. The van der Waals surface area contributed by atoms with Gasteiger partial charge < -0.3 is 5.32 Å². The number of anilines is 1. The summed E-state index contributed by atoms with van der Waals surface area (Å²) >= 11 is 0. The summed E-state index contributed by atoms with van der Waals surface area (Å²) in [5, 5.41) is 25.9. The number of aromatic nitrogens is 5. The molecule has 0 aromatic carbocycles. The molecule has 0 spiro atoms. The predicted molar refractivity (Wildman–Crippen MR) is 69.4 cm³/mol. The Hall–Kier alpha value is -2.49. The number of nitriles is 1. The van der Waals surface area contributed by atoms with Crippen LogP contribution in [0.2, 0.25) is 0 Å². The van der Waals surface area contributed by atoms with Gasteiger partial charge in [-0.3, -0.25) is 0 Å². The number of nitrogens with zero attached hydrogens (tertiary/aromatic N) is 5. The van der Waals surface area contributed by atoms with E-state index in [1.54, 1.807) is 0 Å². The highest BCUT2D eigenvalue weighted by Gasteiger charge is 2.05. The molecular weight excluding hydrogens is 242 g/mol. The Morgan fingerprint density at radius 3 is 2.89 bits per heavy atom. The molecule has 0 atom stereocenters. The third kappa shape index (κ3) is 3.25. The molecule has 0 unspecified atom stereocenters. The molecule has 7 nitrogen and oxygen atoms in total. The highest BCUT2D eigenvalue weighted by Crippen LogP contribution is 2.15. The fraction of sp³-hybridized carbons (Fsp3) is 0.417. The number of nitrogens with one attached hydrogen (secondary N) is 2. The molecule has 0 aliphatic heterocycles. The first-order chi connectivity index (χ1) is 9.20. The van der Waals surface area contributed by atoms with E-state index >= 15 is 0 Å². The van der Waals surface area contributed by atoms with Crippen molar-refractivity contribution in [2.75, 3.05) is 11.9 Å². The van der Waals surface area contributed by atoms with Crippen LogP contribution in [0.4, 0.5) is 5.82 Å². The predicted octanol–water partition coefficient (Wildman–Crippen LogP) is 1.13. The fourth-order valence-corrected chi connectivity index (χ4v) is 1.84. The molecule has 2 aromatic heterocycles. The maximum atomic E-state index is 8.98. The topological polar surface area (TPSA) is 103 Å². The first kappa shape index (κ1) is 13.0. The SMILES string of the molecule is Cc1cc(NCCCc2nn[nH]n2)nc(C)c1C#N. The Kier molecular flexibility index (Phi) is 4.03. The van der Waals surface area contributed by atoms with Crippen molar-refractivity contribution in [3.8, 4) is 6.07 Å². The number of hydrogen-bond donors (Lipinski definition) is 2. The van der Waals surface area contributed by atoms with Crippen molar-refractivity contribution in [3.05, 3.63) is 28.7 Å². The van der Waals surface area contributed by atoms with Gasteiger partial charge in [-0.25, -0.2) is 4.98 Å². The molecule has 2 heterocycles. The Bertz CT molecular complexity index is 560. The van der Waals surface area contributed by atoms with Crippen molar-refractivity contribution >= 4 is 5.82 Å². The molecule has 0 saturated heterocycles. The van der Waals surface area contributed by atoms with Gasteiger partial charge in [-0.15, -0.1) is 10.2 Å². The molecule has 0 bridgehead atoms. The smallest absolute Gasteiger partial charge is 0.174 e. The number of H-pyrrole nitrogens is 1. The molecule has 0 saturated carbocycles. The van der Waals surface area contributed by atoms with Crippen molar-refractivity contribution < 1.29 is 0 Å². The second kappa shape index (κ2) is 5.91. The number of pyridine rings is 1. The highest BCUT2D eigenvalue weighted by molar-refractivity contribution is 5.48. The van der Waals surface area contributed by atoms with Gasteiger partial charge in [0, 0.05) is 13.0 Å². The van der Waals surface area contributed by atoms with Gasteiger partial charge in [0.1, 0.15) is 11.9 Å². The van der Waals surface area contributed by atoms with Gasteiger partial charge in [-0.05, 0) is 31.9 Å². The fourth-order valence-electron chi connectivity index (χ4n) is 1.84. The average molecular weight is 257 g/mol. The first-order valence-electron chi connectivity index (χ1n) is 6.05. The Labute approximate surface area is 111 Å². The van der Waals surface area contributed by atoms with Gasteiger partial charge >= 0.3 is 0 Å². The normalized spacial score (nSPS) is 10.2. The summed E-state index contributed by atoms with van der Waals surface area (Å²) in [6.07, 6.45) is 1.65. The van der Waals surface area contributed by atoms with E-state index in [0.717, 1.165) is 36.5 Å². The van der Waals surface area contributed by atoms with Crippen LogP contribution >= 0.6 is 0 Å². The van der Waals surface area contributed by atoms with Crippen LogP contribution in [-0.2, 0) is 6.42 Å². The molecule has 98 valence electrons. The molecule has 0 aliphatic rings. The summed E-state index contributed by atoms with van der Waals surface area (Å²) in [5.74, 6) is 1.50. The van der Waals surface area contributed by atoms with E-state index in [1.165, 1.54) is 0 Å². The highest BCUT2D eigenvalue weighted by atomic mass is 15.5. The molecule has 0 aliphatic carbocycles. The molecule has 0 fully saturated rings. The molecule has 2 N–H and O–H groups in total. The van der Waals surface area contributed by atoms with Gasteiger partial charge in [-0.2, -0.15) is 10.5 Å². The molecule has 0 amide bonds. The summed E-state index contributed by atoms with van der Waals surface area (Å²) < 4.78 is 0. The summed E-state index contributed by atoms with van der Waals surface area (Å²) in [7, 11) is 0. The summed E-state index contributed by atoms with van der Waals surface area (Å²) in [4.78, 5) is 4.36. The van der Waals surface area contributed by atoms with Crippen LogP contribution < -0.4 is 5.32 Å². The lowest BCUT2D eigenvalue weighted by molar-refractivity contribution is 0.801. The van der Waals surface area contributed by atoms with Gasteiger partial charge in [0.25, 0.3) is 0 Å². The average Bonchev–Trinajstić information content (AvgIpc) is 2.87. The number of aromatic amines is 1. The van der Waals surface area contributed by atoms with E-state index in [2.05, 4.69) is 37.0 Å². The van der Waals surface area contributed by atoms with Crippen LogP contribution in [0.1, 0.15) is 29.1 Å². The van der Waals surface area contributed by atoms with Crippen molar-refractivity contribution in [2.45, 2.75) is 26.7 Å². The zero-order chi connectivity index (χ0) is 13.7. The van der Waals surface area contributed by atoms with Gasteiger partial charge in [0.2, 0.25) is 0 Å². The lowest BCUT2D eigenvalue weighted by atomic mass is 10.1. The van der Waals surface area contributed by atoms with E-state index in [1.807, 2.05) is 19.9 Å². The number of aryl methyl sites for hydroxylation is 3. The maximum Gasteiger partial charge on any atom is 0.174 e. The second-order valence-corrected chi connectivity index (χ2v) is 4.25. The van der Waals surface area contributed by atoms with E-state index in [9.17, 15) is 0 Å². The van der Waals surface area contributed by atoms with Gasteiger partial charge in [0.05, 0.1) is 11.3 Å². The Morgan fingerprint density at radius 2 is 2.26 bits per heavy atom. The summed E-state index contributed by atoms with van der Waals surface area (Å²) in [6.45, 7) is 4.53. The van der Waals surface area contributed by atoms with E-state index in [0.29, 0.717) is 11.4 Å². The Balaban J connectivity index is 1.88. The number of tetrazole rings is 1. The quantitative estimate of drug-likeness (QED) is 0.778. The Morgan fingerprint density at radius 1 is 1.42 bits per heavy atom. The van der Waals surface area contributed by atoms with Gasteiger partial charge in [-0.1, -0.05) is 5.21 Å². The van der Waals surface area contributed by atoms with E-state index in [4.69, 9.17) is 5.26 Å². The number of rotatable bonds is 5. The largest absolute Gasteiger partial charge is 0.370 e. The summed E-state index contributed by atoms with van der Waals surface area (Å²) in [5.41, 5.74) is 2.34. The minimum Gasteiger partial charge on any atom is -0.370 e. The molecule has 2 aromatic rings. The van der Waals surface area contributed by atoms with Crippen molar-refractivity contribution in [1.29, 1.82) is 5.26 Å². The third-order valence-electron chi connectivity index (χ3n) is 2.78. The minimum atomic E-state index is 0.650. The van der Waals surface area contributed by atoms with Crippen LogP contribution in [0.15, 0.2) is 6.07 Å². The molecule has 2 rings (SSSR count). The van der Waals surface area contributed by atoms with E-state index < -0.39 is 0 Å². The molecule has 0 radical (unpaired) electrons. The zero-order valence-electron chi connectivity index (χ0n) is 10.9. The maximum absolute atomic E-state index is 8.98. The number of hydrogen-bond acceptors (Lipinski definition) is 6. The van der Waals surface area contributed by atoms with Crippen LogP contribution in [0, 0.1) is 25.2 Å². The zero-order valence-corrected chi connectivity index (χ0v) is 10.9. The van der Waals surface area contributed by atoms with Crippen LogP contribution in [0.5, 0.6) is 0 Å². The lowest BCUT2D eigenvalue weighted by Crippen LogP contribution is -2.07. The minimum absolute atomic E-state index is 0.650. The first-order valence-corrected chi connectivity index (χ1v) is 6.05.